The first kappa shape index (κ1) is 20.9. The number of carbonyl (C=O) groups excluding carboxylic acids is 1. The van der Waals surface area contributed by atoms with Gasteiger partial charge in [0.1, 0.15) is 11.6 Å². The van der Waals surface area contributed by atoms with Gasteiger partial charge in [-0.3, -0.25) is 4.79 Å². The number of carbonyl (C=O) groups is 1. The summed E-state index contributed by atoms with van der Waals surface area (Å²) in [4.78, 5) is 12.7. The Morgan fingerprint density at radius 1 is 1.11 bits per heavy atom. The zero-order chi connectivity index (χ0) is 20.4. The predicted molar refractivity (Wildman–Crippen MR) is 102 cm³/mol. The minimum Gasteiger partial charge on any atom is -0.478 e. The van der Waals surface area contributed by atoms with Gasteiger partial charge in [-0.2, -0.15) is 0 Å². The molecule has 0 saturated heterocycles. The number of rotatable bonds is 6. The van der Waals surface area contributed by atoms with Crippen molar-refractivity contribution >= 4 is 21.6 Å². The second-order valence-electron chi connectivity index (χ2n) is 6.79. The normalized spacial score (nSPS) is 12.1. The van der Waals surface area contributed by atoms with Crippen LogP contribution in [0.4, 0.5) is 10.1 Å². The average molecular weight is 394 g/mol. The van der Waals surface area contributed by atoms with Crippen LogP contribution in [0.15, 0.2) is 47.4 Å². The van der Waals surface area contributed by atoms with Crippen molar-refractivity contribution in [3.8, 4) is 5.75 Å². The summed E-state index contributed by atoms with van der Waals surface area (Å²) in [5, 5.41) is 2.67. The van der Waals surface area contributed by atoms with Crippen molar-refractivity contribution in [1.82, 2.24) is 4.31 Å². The average Bonchev–Trinajstić information content (AvgIpc) is 2.58. The molecule has 2 aromatic carbocycles. The highest BCUT2D eigenvalue weighted by molar-refractivity contribution is 7.89. The number of halogens is 1. The van der Waals surface area contributed by atoms with Crippen LogP contribution in [0.5, 0.6) is 5.75 Å². The highest BCUT2D eigenvalue weighted by Crippen LogP contribution is 2.24. The van der Waals surface area contributed by atoms with Crippen LogP contribution in [0, 0.1) is 12.7 Å². The molecule has 0 unspecified atom stereocenters. The van der Waals surface area contributed by atoms with Gasteiger partial charge in [-0.25, -0.2) is 17.1 Å². The van der Waals surface area contributed by atoms with Gasteiger partial charge in [-0.1, -0.05) is 6.07 Å². The van der Waals surface area contributed by atoms with E-state index in [1.807, 2.05) is 0 Å². The molecule has 8 heteroatoms. The van der Waals surface area contributed by atoms with Crippen LogP contribution in [0.25, 0.3) is 0 Å². The fourth-order valence-electron chi connectivity index (χ4n) is 2.28. The molecule has 0 radical (unpaired) electrons. The molecule has 0 fully saturated rings. The number of hydrogen-bond donors (Lipinski definition) is 1. The van der Waals surface area contributed by atoms with Gasteiger partial charge in [0.15, 0.2) is 5.60 Å². The number of ether oxygens (including phenoxy) is 1. The van der Waals surface area contributed by atoms with E-state index in [0.717, 1.165) is 4.31 Å². The van der Waals surface area contributed by atoms with Crippen molar-refractivity contribution in [2.24, 2.45) is 0 Å². The summed E-state index contributed by atoms with van der Waals surface area (Å²) in [5.41, 5.74) is -0.353. The van der Waals surface area contributed by atoms with Crippen molar-refractivity contribution in [3.63, 3.8) is 0 Å². The molecule has 0 atom stereocenters. The zero-order valence-electron chi connectivity index (χ0n) is 15.9. The van der Waals surface area contributed by atoms with E-state index in [9.17, 15) is 17.6 Å². The lowest BCUT2D eigenvalue weighted by molar-refractivity contribution is -0.128. The van der Waals surface area contributed by atoms with Crippen LogP contribution < -0.4 is 10.1 Å². The Kier molecular flexibility index (Phi) is 5.91. The zero-order valence-corrected chi connectivity index (χ0v) is 16.7. The molecule has 0 spiro atoms. The van der Waals surface area contributed by atoms with E-state index >= 15 is 0 Å². The Hall–Kier alpha value is -2.45. The molecule has 1 N–H and O–H groups in total. The Labute approximate surface area is 159 Å². The van der Waals surface area contributed by atoms with Gasteiger partial charge in [0.05, 0.1) is 4.90 Å². The molecule has 0 aliphatic rings. The molecule has 146 valence electrons. The third-order valence-electron chi connectivity index (χ3n) is 3.94. The number of benzene rings is 2. The summed E-state index contributed by atoms with van der Waals surface area (Å²) in [6, 6.07) is 9.99. The van der Waals surface area contributed by atoms with Crippen LogP contribution in [-0.2, 0) is 14.8 Å². The van der Waals surface area contributed by atoms with E-state index in [0.29, 0.717) is 17.0 Å². The minimum atomic E-state index is -3.64. The first-order valence-corrected chi connectivity index (χ1v) is 9.67. The number of sulfonamides is 1. The Bertz CT molecular complexity index is 939. The lowest BCUT2D eigenvalue weighted by atomic mass is 10.1. The minimum absolute atomic E-state index is 0.113. The van der Waals surface area contributed by atoms with Gasteiger partial charge in [-0.15, -0.1) is 0 Å². The highest BCUT2D eigenvalue weighted by Gasteiger charge is 2.30. The van der Waals surface area contributed by atoms with E-state index in [1.165, 1.54) is 44.4 Å². The molecule has 0 aromatic heterocycles. The van der Waals surface area contributed by atoms with E-state index in [-0.39, 0.29) is 4.90 Å². The third-order valence-corrected chi connectivity index (χ3v) is 5.90. The van der Waals surface area contributed by atoms with E-state index in [2.05, 4.69) is 5.32 Å². The monoisotopic (exact) mass is 394 g/mol. The van der Waals surface area contributed by atoms with E-state index < -0.39 is 27.3 Å². The van der Waals surface area contributed by atoms with Gasteiger partial charge in [-0.05, 0) is 62.7 Å². The third kappa shape index (κ3) is 4.84. The number of hydrogen-bond acceptors (Lipinski definition) is 4. The van der Waals surface area contributed by atoms with Crippen LogP contribution >= 0.6 is 0 Å². The van der Waals surface area contributed by atoms with Crippen LogP contribution in [-0.4, -0.2) is 38.3 Å². The molecule has 1 amide bonds. The van der Waals surface area contributed by atoms with Crippen molar-refractivity contribution in [2.75, 3.05) is 19.4 Å². The lowest BCUT2D eigenvalue weighted by Gasteiger charge is -2.25. The summed E-state index contributed by atoms with van der Waals surface area (Å²) in [6.45, 7) is 4.82. The molecular weight excluding hydrogens is 371 g/mol. The lowest BCUT2D eigenvalue weighted by Crippen LogP contribution is -2.42. The van der Waals surface area contributed by atoms with Crippen molar-refractivity contribution in [1.29, 1.82) is 0 Å². The summed E-state index contributed by atoms with van der Waals surface area (Å²) >= 11 is 0. The fraction of sp³-hybridized carbons (Fsp3) is 0.316. The second-order valence-corrected chi connectivity index (χ2v) is 8.91. The van der Waals surface area contributed by atoms with E-state index in [1.54, 1.807) is 32.9 Å². The maximum atomic E-state index is 13.0. The number of aryl methyl sites for hydroxylation is 1. The number of nitrogens with one attached hydrogen (secondary N) is 1. The number of anilines is 1. The predicted octanol–water partition coefficient (Wildman–Crippen LogP) is 3.18. The largest absolute Gasteiger partial charge is 0.478 e. The van der Waals surface area contributed by atoms with Gasteiger partial charge >= 0.3 is 0 Å². The Balaban J connectivity index is 2.23. The fourth-order valence-corrected chi connectivity index (χ4v) is 3.42. The van der Waals surface area contributed by atoms with Gasteiger partial charge in [0, 0.05) is 19.8 Å². The molecule has 0 bridgehead atoms. The van der Waals surface area contributed by atoms with Crippen LogP contribution in [0.3, 0.4) is 0 Å². The van der Waals surface area contributed by atoms with Crippen molar-refractivity contribution < 1.29 is 22.3 Å². The van der Waals surface area contributed by atoms with Gasteiger partial charge in [0.2, 0.25) is 10.0 Å². The molecule has 0 aliphatic heterocycles. The number of amides is 1. The summed E-state index contributed by atoms with van der Waals surface area (Å²) < 4.78 is 44.6. The molecule has 0 saturated carbocycles. The van der Waals surface area contributed by atoms with E-state index in [4.69, 9.17) is 4.74 Å². The molecular formula is C19H23FN2O4S. The quantitative estimate of drug-likeness (QED) is 0.817. The molecule has 2 rings (SSSR count). The van der Waals surface area contributed by atoms with Crippen molar-refractivity contribution in [2.45, 2.75) is 31.3 Å². The molecule has 0 heterocycles. The van der Waals surface area contributed by atoms with Gasteiger partial charge in [0.25, 0.3) is 5.91 Å². The molecule has 27 heavy (non-hydrogen) atoms. The first-order valence-electron chi connectivity index (χ1n) is 8.23. The highest BCUT2D eigenvalue weighted by atomic mass is 32.2. The second kappa shape index (κ2) is 7.66. The topological polar surface area (TPSA) is 75.7 Å². The Morgan fingerprint density at radius 2 is 1.70 bits per heavy atom. The summed E-state index contributed by atoms with van der Waals surface area (Å²) in [7, 11) is -0.750. The molecule has 2 aromatic rings. The molecule has 0 aliphatic carbocycles. The van der Waals surface area contributed by atoms with Crippen LogP contribution in [0.1, 0.15) is 19.4 Å². The van der Waals surface area contributed by atoms with Crippen molar-refractivity contribution in [3.05, 3.63) is 53.8 Å². The standard InChI is InChI=1S/C19H23FN2O4S/c1-13-6-9-15(12-17(13)27(24,25)22(4)5)21-18(23)19(2,3)26-16-10-7-14(20)8-11-16/h6-12H,1-5H3,(H,21,23). The van der Waals surface area contributed by atoms with Crippen LogP contribution in [0.2, 0.25) is 0 Å². The summed E-state index contributed by atoms with van der Waals surface area (Å²) in [6.07, 6.45) is 0. The smallest absolute Gasteiger partial charge is 0.267 e. The maximum Gasteiger partial charge on any atom is 0.267 e. The Morgan fingerprint density at radius 3 is 2.26 bits per heavy atom. The summed E-state index contributed by atoms with van der Waals surface area (Å²) in [5.74, 6) is -0.529. The maximum absolute atomic E-state index is 13.0. The SMILES string of the molecule is Cc1ccc(NC(=O)C(C)(C)Oc2ccc(F)cc2)cc1S(=O)(=O)N(C)C. The molecule has 6 nitrogen and oxygen atoms in total. The van der Waals surface area contributed by atoms with Gasteiger partial charge < -0.3 is 10.1 Å². The number of nitrogens with zero attached hydrogens (tertiary/aromatic N) is 1. The first-order chi connectivity index (χ1) is 12.4.